The van der Waals surface area contributed by atoms with Crippen LogP contribution >= 0.6 is 11.6 Å². The van der Waals surface area contributed by atoms with Crippen LogP contribution in [0, 0.1) is 15.9 Å². The Morgan fingerprint density at radius 2 is 2.30 bits per heavy atom. The van der Waals surface area contributed by atoms with Crippen molar-refractivity contribution in [2.24, 2.45) is 7.05 Å². The smallest absolute Gasteiger partial charge is 0.320 e. The van der Waals surface area contributed by atoms with Gasteiger partial charge in [-0.15, -0.1) is 0 Å². The third-order valence-corrected chi connectivity index (χ3v) is 3.42. The number of benzene rings is 1. The number of aliphatic hydroxyl groups is 1. The fourth-order valence-electron chi connectivity index (χ4n) is 1.93. The van der Waals surface area contributed by atoms with E-state index >= 15 is 0 Å². The maximum Gasteiger partial charge on any atom is 0.320 e. The second kappa shape index (κ2) is 6.71. The topological polar surface area (TPSA) is 110 Å². The number of nitro groups is 1. The summed E-state index contributed by atoms with van der Waals surface area (Å²) in [7, 11) is 1.38. The molecule has 1 aromatic heterocycles. The molecule has 0 fully saturated rings. The first-order valence-corrected chi connectivity index (χ1v) is 6.76. The lowest BCUT2D eigenvalue weighted by atomic mass is 10.1. The van der Waals surface area contributed by atoms with Crippen molar-refractivity contribution in [3.05, 3.63) is 56.6 Å². The van der Waals surface area contributed by atoms with Gasteiger partial charge in [0.15, 0.2) is 0 Å². The monoisotopic (exact) mass is 342 g/mol. The minimum Gasteiger partial charge on any atom is -0.387 e. The van der Waals surface area contributed by atoms with E-state index in [9.17, 15) is 24.4 Å². The van der Waals surface area contributed by atoms with Crippen LogP contribution < -0.4 is 5.32 Å². The number of carbonyl (C=O) groups is 1. The number of nitrogens with one attached hydrogen (secondary N) is 1. The van der Waals surface area contributed by atoms with Gasteiger partial charge in [-0.05, 0) is 17.7 Å². The lowest BCUT2D eigenvalue weighted by molar-refractivity contribution is -0.385. The Bertz CT molecular complexity index is 764. The molecule has 1 aromatic carbocycles. The zero-order valence-electron chi connectivity index (χ0n) is 11.9. The first-order valence-electron chi connectivity index (χ1n) is 6.39. The second-order valence-electron chi connectivity index (χ2n) is 4.66. The number of aromatic nitrogens is 2. The second-order valence-corrected chi connectivity index (χ2v) is 5.07. The van der Waals surface area contributed by atoms with E-state index < -0.39 is 28.4 Å². The third-order valence-electron chi connectivity index (χ3n) is 3.12. The molecule has 0 aliphatic heterocycles. The molecule has 1 heterocycles. The van der Waals surface area contributed by atoms with Crippen molar-refractivity contribution in [2.45, 2.75) is 6.10 Å². The molecule has 0 bridgehead atoms. The summed E-state index contributed by atoms with van der Waals surface area (Å²) < 4.78 is 14.4. The van der Waals surface area contributed by atoms with Crippen LogP contribution in [-0.2, 0) is 7.05 Å². The summed E-state index contributed by atoms with van der Waals surface area (Å²) in [5, 5.41) is 26.7. The maximum atomic E-state index is 13.3. The first kappa shape index (κ1) is 16.8. The van der Waals surface area contributed by atoms with Gasteiger partial charge in [-0.2, -0.15) is 5.10 Å². The molecule has 1 unspecified atom stereocenters. The van der Waals surface area contributed by atoms with Crippen molar-refractivity contribution in [2.75, 3.05) is 6.54 Å². The highest BCUT2D eigenvalue weighted by atomic mass is 35.5. The van der Waals surface area contributed by atoms with Crippen LogP contribution in [0.5, 0.6) is 0 Å². The highest BCUT2D eigenvalue weighted by Gasteiger charge is 2.25. The minimum absolute atomic E-state index is 0.0875. The lowest BCUT2D eigenvalue weighted by Crippen LogP contribution is -2.30. The largest absolute Gasteiger partial charge is 0.387 e. The molecule has 0 radical (unpaired) electrons. The first-order chi connectivity index (χ1) is 10.8. The Hall–Kier alpha value is -2.52. The van der Waals surface area contributed by atoms with Gasteiger partial charge >= 0.3 is 5.69 Å². The molecule has 23 heavy (non-hydrogen) atoms. The highest BCUT2D eigenvalue weighted by molar-refractivity contribution is 6.30. The van der Waals surface area contributed by atoms with Crippen molar-refractivity contribution in [3.63, 3.8) is 0 Å². The number of halogens is 2. The standard InChI is InChI=1S/C13H12ClFN4O4/c1-18-12(10(5-17-18)19(22)23)13(21)16-6-11(20)7-2-3-8(14)9(15)4-7/h2-5,11,20H,6H2,1H3,(H,16,21). The zero-order chi connectivity index (χ0) is 17.1. The van der Waals surface area contributed by atoms with E-state index in [2.05, 4.69) is 10.4 Å². The van der Waals surface area contributed by atoms with E-state index in [1.54, 1.807) is 0 Å². The summed E-state index contributed by atoms with van der Waals surface area (Å²) in [5.41, 5.74) is -0.479. The Kier molecular flexibility index (Phi) is 4.92. The van der Waals surface area contributed by atoms with E-state index in [1.807, 2.05) is 0 Å². The average molecular weight is 343 g/mol. The number of carbonyl (C=O) groups excluding carboxylic acids is 1. The summed E-state index contributed by atoms with van der Waals surface area (Å²) in [6.07, 6.45) is -0.238. The van der Waals surface area contributed by atoms with Crippen LogP contribution in [0.4, 0.5) is 10.1 Å². The fourth-order valence-corrected chi connectivity index (χ4v) is 2.05. The molecule has 2 aromatic rings. The van der Waals surface area contributed by atoms with Crippen molar-refractivity contribution in [1.82, 2.24) is 15.1 Å². The number of hydrogen-bond donors (Lipinski definition) is 2. The van der Waals surface area contributed by atoms with Crippen LogP contribution in [-0.4, -0.2) is 32.3 Å². The number of aryl methyl sites for hydroxylation is 1. The normalized spacial score (nSPS) is 12.0. The Morgan fingerprint density at radius 3 is 2.91 bits per heavy atom. The zero-order valence-corrected chi connectivity index (χ0v) is 12.6. The quantitative estimate of drug-likeness (QED) is 0.633. The summed E-state index contributed by atoms with van der Waals surface area (Å²) in [5.74, 6) is -1.47. The van der Waals surface area contributed by atoms with Crippen molar-refractivity contribution in [1.29, 1.82) is 0 Å². The molecule has 0 aliphatic carbocycles. The van der Waals surface area contributed by atoms with Gasteiger partial charge in [0.25, 0.3) is 5.91 Å². The molecule has 1 atom stereocenters. The summed E-state index contributed by atoms with van der Waals surface area (Å²) in [6, 6.07) is 3.74. The van der Waals surface area contributed by atoms with Crippen LogP contribution in [0.3, 0.4) is 0 Å². The maximum absolute atomic E-state index is 13.3. The van der Waals surface area contributed by atoms with Crippen LogP contribution in [0.2, 0.25) is 5.02 Å². The molecular formula is C13H12ClFN4O4. The molecule has 0 spiro atoms. The van der Waals surface area contributed by atoms with E-state index in [-0.39, 0.29) is 22.8 Å². The number of amides is 1. The molecule has 10 heteroatoms. The van der Waals surface area contributed by atoms with Gasteiger partial charge in [0.05, 0.1) is 16.0 Å². The molecule has 0 saturated carbocycles. The van der Waals surface area contributed by atoms with E-state index in [0.717, 1.165) is 16.9 Å². The van der Waals surface area contributed by atoms with Crippen LogP contribution in [0.1, 0.15) is 22.2 Å². The van der Waals surface area contributed by atoms with Crippen LogP contribution in [0.25, 0.3) is 0 Å². The van der Waals surface area contributed by atoms with Gasteiger partial charge in [-0.1, -0.05) is 17.7 Å². The SMILES string of the molecule is Cn1ncc([N+](=O)[O-])c1C(=O)NCC(O)c1ccc(Cl)c(F)c1. The lowest BCUT2D eigenvalue weighted by Gasteiger charge is -2.12. The molecule has 0 saturated heterocycles. The predicted octanol–water partition coefficient (Wildman–Crippen LogP) is 1.58. The molecular weight excluding hydrogens is 331 g/mol. The summed E-state index contributed by atoms with van der Waals surface area (Å²) in [6.45, 7) is -0.262. The van der Waals surface area contributed by atoms with E-state index in [0.29, 0.717) is 0 Å². The number of hydrogen-bond acceptors (Lipinski definition) is 5. The van der Waals surface area contributed by atoms with E-state index in [1.165, 1.54) is 19.2 Å². The van der Waals surface area contributed by atoms with Gasteiger partial charge in [0, 0.05) is 13.6 Å². The van der Waals surface area contributed by atoms with Crippen molar-refractivity contribution in [3.8, 4) is 0 Å². The summed E-state index contributed by atoms with van der Waals surface area (Å²) in [4.78, 5) is 22.1. The molecule has 122 valence electrons. The number of rotatable bonds is 5. The predicted molar refractivity (Wildman–Crippen MR) is 78.6 cm³/mol. The van der Waals surface area contributed by atoms with Crippen molar-refractivity contribution >= 4 is 23.2 Å². The molecule has 2 rings (SSSR count). The average Bonchev–Trinajstić information content (AvgIpc) is 2.89. The van der Waals surface area contributed by atoms with Gasteiger partial charge in [-0.25, -0.2) is 4.39 Å². The molecule has 0 aliphatic rings. The third kappa shape index (κ3) is 3.63. The van der Waals surface area contributed by atoms with Crippen LogP contribution in [0.15, 0.2) is 24.4 Å². The molecule has 1 amide bonds. The Morgan fingerprint density at radius 1 is 1.61 bits per heavy atom. The van der Waals surface area contributed by atoms with Gasteiger partial charge in [0.2, 0.25) is 5.69 Å². The van der Waals surface area contributed by atoms with Gasteiger partial charge in [-0.3, -0.25) is 19.6 Å². The highest BCUT2D eigenvalue weighted by Crippen LogP contribution is 2.20. The Balaban J connectivity index is 2.08. The van der Waals surface area contributed by atoms with Gasteiger partial charge < -0.3 is 10.4 Å². The number of nitrogens with zero attached hydrogens (tertiary/aromatic N) is 3. The van der Waals surface area contributed by atoms with Crippen molar-refractivity contribution < 1.29 is 19.2 Å². The fraction of sp³-hybridized carbons (Fsp3) is 0.231. The Labute approximate surface area is 134 Å². The molecule has 8 nitrogen and oxygen atoms in total. The minimum atomic E-state index is -1.20. The number of aliphatic hydroxyl groups excluding tert-OH is 1. The van der Waals surface area contributed by atoms with E-state index in [4.69, 9.17) is 11.6 Å². The summed E-state index contributed by atoms with van der Waals surface area (Å²) >= 11 is 5.54. The molecule has 2 N–H and O–H groups in total. The van der Waals surface area contributed by atoms with Gasteiger partial charge in [0.1, 0.15) is 12.0 Å².